The molecule has 1 N–H and O–H groups in total. The Morgan fingerprint density at radius 1 is 1.41 bits per heavy atom. The summed E-state index contributed by atoms with van der Waals surface area (Å²) in [5, 5.41) is 8.86. The zero-order valence-electron chi connectivity index (χ0n) is 9.81. The number of carbonyl (C=O) groups excluding carboxylic acids is 1. The highest BCUT2D eigenvalue weighted by molar-refractivity contribution is 9.11. The predicted molar refractivity (Wildman–Crippen MR) is 70.3 cm³/mol. The van der Waals surface area contributed by atoms with Crippen LogP contribution in [0.1, 0.15) is 24.6 Å². The van der Waals surface area contributed by atoms with E-state index in [0.29, 0.717) is 0 Å². The third kappa shape index (κ3) is 3.29. The highest BCUT2D eigenvalue weighted by Crippen LogP contribution is 2.29. The highest BCUT2D eigenvalue weighted by atomic mass is 79.9. The van der Waals surface area contributed by atoms with Crippen LogP contribution in [0.2, 0.25) is 0 Å². The fraction of sp³-hybridized carbons (Fsp3) is 0.455. The Balaban J connectivity index is 2.79. The Kier molecular flexibility index (Phi) is 4.70. The molecule has 0 aromatic carbocycles. The Labute approximate surface area is 112 Å². The van der Waals surface area contributed by atoms with Crippen molar-refractivity contribution in [1.29, 1.82) is 0 Å². The first kappa shape index (κ1) is 14.2. The van der Waals surface area contributed by atoms with Crippen LogP contribution in [-0.2, 0) is 9.59 Å². The summed E-state index contributed by atoms with van der Waals surface area (Å²) in [6, 6.07) is 2.94. The van der Waals surface area contributed by atoms with Crippen LogP contribution in [0.25, 0.3) is 0 Å². The maximum atomic E-state index is 12.1. The lowest BCUT2D eigenvalue weighted by atomic mass is 10.1. The van der Waals surface area contributed by atoms with E-state index < -0.39 is 12.0 Å². The molecule has 4 nitrogen and oxygen atoms in total. The minimum atomic E-state index is -1.000. The molecule has 1 aromatic rings. The second-order valence-corrected chi connectivity index (χ2v) is 6.32. The maximum absolute atomic E-state index is 12.1. The molecule has 1 heterocycles. The van der Waals surface area contributed by atoms with Crippen molar-refractivity contribution in [1.82, 2.24) is 4.90 Å². The largest absolute Gasteiger partial charge is 0.480 e. The molecule has 2 atom stereocenters. The van der Waals surface area contributed by atoms with Crippen molar-refractivity contribution < 1.29 is 14.7 Å². The first-order valence-corrected chi connectivity index (χ1v) is 6.70. The topological polar surface area (TPSA) is 57.6 Å². The van der Waals surface area contributed by atoms with Gasteiger partial charge in [-0.3, -0.25) is 4.79 Å². The third-order valence-electron chi connectivity index (χ3n) is 2.68. The quantitative estimate of drug-likeness (QED) is 0.927. The molecule has 1 aromatic heterocycles. The van der Waals surface area contributed by atoms with Gasteiger partial charge in [-0.05, 0) is 41.9 Å². The number of hydrogen-bond donors (Lipinski definition) is 1. The zero-order valence-corrected chi connectivity index (χ0v) is 12.2. The summed E-state index contributed by atoms with van der Waals surface area (Å²) in [7, 11) is 1.51. The average molecular weight is 320 g/mol. The van der Waals surface area contributed by atoms with Crippen molar-refractivity contribution in [3.05, 3.63) is 20.8 Å². The van der Waals surface area contributed by atoms with Crippen molar-refractivity contribution in [2.45, 2.75) is 25.8 Å². The van der Waals surface area contributed by atoms with E-state index in [1.165, 1.54) is 30.2 Å². The van der Waals surface area contributed by atoms with Crippen molar-refractivity contribution in [2.24, 2.45) is 0 Å². The number of nitrogens with zero attached hydrogens (tertiary/aromatic N) is 1. The van der Waals surface area contributed by atoms with E-state index in [1.54, 1.807) is 6.92 Å². The average Bonchev–Trinajstić information content (AvgIpc) is 2.71. The smallest absolute Gasteiger partial charge is 0.326 e. The number of hydrogen-bond acceptors (Lipinski definition) is 3. The predicted octanol–water partition coefficient (Wildman–Crippen LogP) is 2.55. The summed E-state index contributed by atoms with van der Waals surface area (Å²) in [6.45, 7) is 3.28. The summed E-state index contributed by atoms with van der Waals surface area (Å²) in [4.78, 5) is 25.0. The van der Waals surface area contributed by atoms with E-state index in [9.17, 15) is 9.59 Å². The van der Waals surface area contributed by atoms with E-state index in [-0.39, 0.29) is 11.8 Å². The van der Waals surface area contributed by atoms with Gasteiger partial charge in [-0.1, -0.05) is 0 Å². The van der Waals surface area contributed by atoms with Crippen molar-refractivity contribution in [3.8, 4) is 0 Å². The lowest BCUT2D eigenvalue weighted by Gasteiger charge is -2.24. The van der Waals surface area contributed by atoms with E-state index in [0.717, 1.165) is 8.66 Å². The molecule has 0 saturated carbocycles. The van der Waals surface area contributed by atoms with Gasteiger partial charge in [0.2, 0.25) is 5.91 Å². The molecule has 0 aliphatic rings. The molecule has 0 fully saturated rings. The molecule has 94 valence electrons. The number of halogens is 1. The number of carboxylic acid groups (broad SMARTS) is 1. The Bertz CT molecular complexity index is 432. The number of carboxylic acids is 1. The molecule has 0 radical (unpaired) electrons. The van der Waals surface area contributed by atoms with Crippen LogP contribution in [0.15, 0.2) is 15.9 Å². The molecular formula is C11H14BrNO3S. The molecule has 0 spiro atoms. The van der Waals surface area contributed by atoms with Gasteiger partial charge in [0.15, 0.2) is 0 Å². The lowest BCUT2D eigenvalue weighted by Crippen LogP contribution is -2.42. The van der Waals surface area contributed by atoms with Gasteiger partial charge in [0.05, 0.1) is 9.70 Å². The molecule has 0 bridgehead atoms. The monoisotopic (exact) mass is 319 g/mol. The van der Waals surface area contributed by atoms with Gasteiger partial charge in [0, 0.05) is 11.9 Å². The van der Waals surface area contributed by atoms with E-state index >= 15 is 0 Å². The van der Waals surface area contributed by atoms with Crippen LogP contribution < -0.4 is 0 Å². The van der Waals surface area contributed by atoms with Crippen LogP contribution in [0.3, 0.4) is 0 Å². The summed E-state index contributed by atoms with van der Waals surface area (Å²) < 4.78 is 0.959. The van der Waals surface area contributed by atoms with Gasteiger partial charge in [-0.25, -0.2) is 4.79 Å². The van der Waals surface area contributed by atoms with E-state index in [2.05, 4.69) is 15.9 Å². The van der Waals surface area contributed by atoms with Crippen LogP contribution >= 0.6 is 27.3 Å². The van der Waals surface area contributed by atoms with Crippen LogP contribution in [-0.4, -0.2) is 35.0 Å². The van der Waals surface area contributed by atoms with Crippen molar-refractivity contribution >= 4 is 39.1 Å². The molecule has 2 unspecified atom stereocenters. The summed E-state index contributed by atoms with van der Waals surface area (Å²) in [5.74, 6) is -1.51. The van der Waals surface area contributed by atoms with Crippen molar-refractivity contribution in [3.63, 3.8) is 0 Å². The molecule has 0 saturated heterocycles. The van der Waals surface area contributed by atoms with Gasteiger partial charge >= 0.3 is 5.97 Å². The standard InChI is InChI=1S/C11H14BrNO3S/c1-6(8-4-5-9(12)17-8)10(14)13(3)7(2)11(15)16/h4-7H,1-3H3,(H,15,16). The van der Waals surface area contributed by atoms with E-state index in [1.807, 2.05) is 12.1 Å². The number of amides is 1. The number of likely N-dealkylation sites (N-methyl/N-ethyl adjacent to an activating group) is 1. The van der Waals surface area contributed by atoms with Crippen LogP contribution in [0.4, 0.5) is 0 Å². The highest BCUT2D eigenvalue weighted by Gasteiger charge is 2.27. The summed E-state index contributed by atoms with van der Waals surface area (Å²) in [5.41, 5.74) is 0. The van der Waals surface area contributed by atoms with E-state index in [4.69, 9.17) is 5.11 Å². The Hall–Kier alpha value is -0.880. The van der Waals surface area contributed by atoms with Gasteiger partial charge in [-0.2, -0.15) is 0 Å². The second-order valence-electron chi connectivity index (χ2n) is 3.83. The number of aliphatic carboxylic acids is 1. The van der Waals surface area contributed by atoms with Crippen molar-refractivity contribution in [2.75, 3.05) is 7.05 Å². The third-order valence-corrected chi connectivity index (χ3v) is 4.48. The summed E-state index contributed by atoms with van der Waals surface area (Å²) >= 11 is 4.82. The first-order chi connectivity index (χ1) is 7.84. The van der Waals surface area contributed by atoms with Crippen LogP contribution in [0, 0.1) is 0 Å². The number of rotatable bonds is 4. The zero-order chi connectivity index (χ0) is 13.2. The lowest BCUT2D eigenvalue weighted by molar-refractivity contribution is -0.148. The molecule has 1 rings (SSSR count). The Morgan fingerprint density at radius 2 is 2.00 bits per heavy atom. The minimum Gasteiger partial charge on any atom is -0.480 e. The maximum Gasteiger partial charge on any atom is 0.326 e. The van der Waals surface area contributed by atoms with Gasteiger partial charge in [0.1, 0.15) is 6.04 Å². The molecule has 1 amide bonds. The molecule has 0 aliphatic heterocycles. The molecule has 6 heteroatoms. The van der Waals surface area contributed by atoms with Gasteiger partial charge in [0.25, 0.3) is 0 Å². The van der Waals surface area contributed by atoms with Crippen LogP contribution in [0.5, 0.6) is 0 Å². The summed E-state index contributed by atoms with van der Waals surface area (Å²) in [6.07, 6.45) is 0. The number of thiophene rings is 1. The number of carbonyl (C=O) groups is 2. The normalized spacial score (nSPS) is 14.1. The van der Waals surface area contributed by atoms with Gasteiger partial charge in [-0.15, -0.1) is 11.3 Å². The molecule has 17 heavy (non-hydrogen) atoms. The fourth-order valence-corrected chi connectivity index (χ4v) is 2.81. The van der Waals surface area contributed by atoms with Gasteiger partial charge < -0.3 is 10.0 Å². The SMILES string of the molecule is CC(C(=O)N(C)C(C)C(=O)O)c1ccc(Br)s1. The molecular weight excluding hydrogens is 306 g/mol. The first-order valence-electron chi connectivity index (χ1n) is 5.09. The Morgan fingerprint density at radius 3 is 2.41 bits per heavy atom. The molecule has 0 aliphatic carbocycles. The minimum absolute atomic E-state index is 0.186. The fourth-order valence-electron chi connectivity index (χ4n) is 1.34. The second kappa shape index (κ2) is 5.64.